The Bertz CT molecular complexity index is 1330. The molecule has 0 radical (unpaired) electrons. The second kappa shape index (κ2) is 12.2. The van der Waals surface area contributed by atoms with Crippen LogP contribution in [0, 0.1) is 0 Å². The quantitative estimate of drug-likeness (QED) is 0.142. The minimum atomic E-state index is -2.03. The lowest BCUT2D eigenvalue weighted by Crippen LogP contribution is -2.54. The third kappa shape index (κ3) is 6.32. The molecule has 0 N–H and O–H groups in total. The molecule has 4 nitrogen and oxygen atoms in total. The largest absolute Gasteiger partial charge is 0.358 e. The average molecular weight is 585 g/mol. The molecule has 4 aromatic rings. The zero-order valence-electron chi connectivity index (χ0n) is 24.5. The number of benzene rings is 4. The van der Waals surface area contributed by atoms with Gasteiger partial charge in [0, 0.05) is 4.90 Å². The molecule has 41 heavy (non-hydrogen) atoms. The zero-order valence-corrected chi connectivity index (χ0v) is 26.3. The highest BCUT2D eigenvalue weighted by atomic mass is 32.2. The fourth-order valence-corrected chi connectivity index (χ4v) is 11.3. The second-order valence-electron chi connectivity index (χ2n) is 12.1. The Hall–Kier alpha value is -2.87. The molecule has 0 bridgehead atoms. The lowest BCUT2D eigenvalue weighted by molar-refractivity contribution is -0.154. The van der Waals surface area contributed by atoms with Gasteiger partial charge in [-0.05, 0) is 42.7 Å². The molecule has 4 aromatic carbocycles. The molecule has 1 aliphatic heterocycles. The summed E-state index contributed by atoms with van der Waals surface area (Å²) in [6, 6.07) is 40.8. The normalized spacial score (nSPS) is 20.4. The summed E-state index contributed by atoms with van der Waals surface area (Å²) in [5.74, 6) is -0.827. The molecule has 0 saturated carbocycles. The lowest BCUT2D eigenvalue weighted by atomic mass is 9.80. The molecule has 5 rings (SSSR count). The summed E-state index contributed by atoms with van der Waals surface area (Å²) < 4.78 is 34.5. The first kappa shape index (κ1) is 29.6. The minimum absolute atomic E-state index is 0.195. The Morgan fingerprint density at radius 1 is 0.732 bits per heavy atom. The molecule has 1 saturated heterocycles. The summed E-state index contributed by atoms with van der Waals surface area (Å²) in [6.45, 7) is 10.9. The maximum absolute atomic E-state index is 14.2. The van der Waals surface area contributed by atoms with Crippen LogP contribution < -0.4 is 0 Å². The van der Waals surface area contributed by atoms with E-state index in [4.69, 9.17) is 14.2 Å². The van der Waals surface area contributed by atoms with E-state index in [-0.39, 0.29) is 11.5 Å². The van der Waals surface area contributed by atoms with Crippen LogP contribution in [0.4, 0.5) is 0 Å². The highest BCUT2D eigenvalue weighted by molar-refractivity contribution is 7.87. The van der Waals surface area contributed by atoms with Crippen LogP contribution in [0.1, 0.15) is 30.5 Å². The molecular weight excluding hydrogens is 545 g/mol. The van der Waals surface area contributed by atoms with Crippen molar-refractivity contribution in [2.24, 2.45) is 0 Å². The van der Waals surface area contributed by atoms with Crippen molar-refractivity contribution < 1.29 is 18.4 Å². The highest BCUT2D eigenvalue weighted by Gasteiger charge is 2.52. The van der Waals surface area contributed by atoms with Gasteiger partial charge in [-0.2, -0.15) is 0 Å². The number of rotatable bonds is 10. The summed E-state index contributed by atoms with van der Waals surface area (Å²) in [7, 11) is -3.30. The van der Waals surface area contributed by atoms with E-state index >= 15 is 0 Å². The first-order valence-electron chi connectivity index (χ1n) is 14.2. The van der Waals surface area contributed by atoms with Gasteiger partial charge >= 0.3 is 0 Å². The van der Waals surface area contributed by atoms with Crippen LogP contribution in [0.2, 0.25) is 19.6 Å². The van der Waals surface area contributed by atoms with E-state index in [1.165, 1.54) is 0 Å². The summed E-state index contributed by atoms with van der Waals surface area (Å²) in [5, 5.41) is 0. The maximum atomic E-state index is 14.2. The molecular formula is C35H40O4SSi. The van der Waals surface area contributed by atoms with E-state index in [1.807, 2.05) is 98.8 Å². The molecule has 1 aliphatic rings. The fraction of sp³-hybridized carbons (Fsp3) is 0.314. The van der Waals surface area contributed by atoms with Gasteiger partial charge < -0.3 is 14.2 Å². The first-order valence-corrected chi connectivity index (χ1v) is 19.0. The summed E-state index contributed by atoms with van der Waals surface area (Å²) in [4.78, 5) is 0.625. The monoisotopic (exact) mass is 584 g/mol. The molecule has 6 heteroatoms. The second-order valence-corrected chi connectivity index (χ2v) is 19.5. The topological polar surface area (TPSA) is 44.8 Å². The van der Waals surface area contributed by atoms with Crippen molar-refractivity contribution in [3.63, 3.8) is 0 Å². The van der Waals surface area contributed by atoms with Crippen LogP contribution in [0.25, 0.3) is 0 Å². The number of hydrogen-bond acceptors (Lipinski definition) is 4. The van der Waals surface area contributed by atoms with Gasteiger partial charge in [0.2, 0.25) is 0 Å². The predicted octanol–water partition coefficient (Wildman–Crippen LogP) is 7.57. The molecule has 4 atom stereocenters. The van der Waals surface area contributed by atoms with E-state index in [0.29, 0.717) is 0 Å². The Labute approximate surface area is 248 Å². The molecule has 1 heterocycles. The summed E-state index contributed by atoms with van der Waals surface area (Å²) in [6.07, 6.45) is -0.803. The highest BCUT2D eigenvalue weighted by Crippen LogP contribution is 2.43. The first-order chi connectivity index (χ1) is 19.6. The van der Waals surface area contributed by atoms with E-state index in [1.54, 1.807) is 0 Å². The molecule has 1 fully saturated rings. The molecule has 214 valence electrons. The molecule has 0 amide bonds. The van der Waals surface area contributed by atoms with Crippen molar-refractivity contribution in [3.05, 3.63) is 138 Å². The van der Waals surface area contributed by atoms with Crippen LogP contribution in [0.15, 0.2) is 126 Å². The number of ether oxygens (including phenoxy) is 3. The van der Waals surface area contributed by atoms with Gasteiger partial charge in [-0.1, -0.05) is 129 Å². The van der Waals surface area contributed by atoms with Crippen LogP contribution >= 0.6 is 0 Å². The predicted molar refractivity (Wildman–Crippen MR) is 169 cm³/mol. The van der Waals surface area contributed by atoms with Gasteiger partial charge in [-0.3, -0.25) is 4.21 Å². The van der Waals surface area contributed by atoms with Crippen LogP contribution in [-0.4, -0.2) is 41.8 Å². The molecule has 2 unspecified atom stereocenters. The lowest BCUT2D eigenvalue weighted by Gasteiger charge is -2.38. The van der Waals surface area contributed by atoms with Crippen LogP contribution in [0.5, 0.6) is 0 Å². The summed E-state index contributed by atoms with van der Waals surface area (Å²) in [5.41, 5.74) is 2.21. The molecule has 0 aromatic heterocycles. The van der Waals surface area contributed by atoms with Crippen molar-refractivity contribution in [1.29, 1.82) is 0 Å². The van der Waals surface area contributed by atoms with E-state index in [2.05, 4.69) is 56.0 Å². The van der Waals surface area contributed by atoms with E-state index in [0.717, 1.165) is 21.6 Å². The Balaban J connectivity index is 1.57. The average Bonchev–Trinajstić information content (AvgIpc) is 3.28. The van der Waals surface area contributed by atoms with Crippen molar-refractivity contribution in [3.8, 4) is 0 Å². The van der Waals surface area contributed by atoms with Gasteiger partial charge in [0.1, 0.15) is 17.8 Å². The van der Waals surface area contributed by atoms with Gasteiger partial charge in [-0.15, -0.1) is 0 Å². The third-order valence-corrected chi connectivity index (χ3v) is 13.9. The SMILES string of the molecule is CC1(C)O[C@@H](COC(c2ccccc2)(c2ccccc2)c2ccccc2)[C@@H](C(S(=O)c2ccccc2)[Si](C)(C)C)O1. The maximum Gasteiger partial charge on any atom is 0.163 e. The Morgan fingerprint density at radius 2 is 1.15 bits per heavy atom. The van der Waals surface area contributed by atoms with Crippen LogP contribution in [0.3, 0.4) is 0 Å². The fourth-order valence-electron chi connectivity index (χ4n) is 5.86. The molecule has 0 aliphatic carbocycles. The van der Waals surface area contributed by atoms with Crippen molar-refractivity contribution in [1.82, 2.24) is 0 Å². The molecule has 0 spiro atoms. The minimum Gasteiger partial charge on any atom is -0.358 e. The summed E-state index contributed by atoms with van der Waals surface area (Å²) >= 11 is 0. The van der Waals surface area contributed by atoms with Crippen molar-refractivity contribution >= 4 is 18.9 Å². The van der Waals surface area contributed by atoms with Gasteiger partial charge in [0.05, 0.1) is 30.4 Å². The van der Waals surface area contributed by atoms with Gasteiger partial charge in [-0.25, -0.2) is 0 Å². The third-order valence-electron chi connectivity index (χ3n) is 7.58. The van der Waals surface area contributed by atoms with E-state index < -0.39 is 42.5 Å². The zero-order chi connectivity index (χ0) is 29.1. The van der Waals surface area contributed by atoms with E-state index in [9.17, 15) is 4.21 Å². The number of hydrogen-bond donors (Lipinski definition) is 0. The Kier molecular flexibility index (Phi) is 8.78. The Morgan fingerprint density at radius 3 is 1.56 bits per heavy atom. The van der Waals surface area contributed by atoms with Crippen molar-refractivity contribution in [2.45, 2.75) is 66.9 Å². The smallest absolute Gasteiger partial charge is 0.163 e. The van der Waals surface area contributed by atoms with Gasteiger partial charge in [0.25, 0.3) is 0 Å². The standard InChI is InChI=1S/C35H40O4SSi/c1-34(2)38-31(32(39-34)33(41(3,4)5)40(36)30-24-16-9-17-25-30)26-37-35(27-18-10-6-11-19-27,28-20-12-7-13-21-28)29-22-14-8-15-23-29/h6-25,31-33H,26H2,1-5H3/t31-,32-,33?,40?/m0/s1. The van der Waals surface area contributed by atoms with Crippen LogP contribution in [-0.2, 0) is 30.6 Å². The van der Waals surface area contributed by atoms with Gasteiger partial charge in [0.15, 0.2) is 5.79 Å². The van der Waals surface area contributed by atoms with Crippen molar-refractivity contribution in [2.75, 3.05) is 6.61 Å².